The van der Waals surface area contributed by atoms with Crippen molar-refractivity contribution in [2.75, 3.05) is 13.1 Å². The first-order valence-electron chi connectivity index (χ1n) is 6.95. The van der Waals surface area contributed by atoms with Gasteiger partial charge in [0, 0.05) is 12.5 Å². The fourth-order valence-electron chi connectivity index (χ4n) is 2.90. The SMILES string of the molecule is N#C[C@@H]1C[C@H](F)CN1C(=O)[C@@H](N)CC1CCCCN1. The summed E-state index contributed by atoms with van der Waals surface area (Å²) in [5, 5.41) is 12.3. The van der Waals surface area contributed by atoms with Gasteiger partial charge in [-0.25, -0.2) is 4.39 Å². The van der Waals surface area contributed by atoms with Crippen LogP contribution in [0.3, 0.4) is 0 Å². The lowest BCUT2D eigenvalue weighted by atomic mass is 9.98. The number of nitriles is 1. The van der Waals surface area contributed by atoms with E-state index in [4.69, 9.17) is 11.0 Å². The molecule has 2 aliphatic rings. The molecule has 5 nitrogen and oxygen atoms in total. The van der Waals surface area contributed by atoms with Crippen molar-refractivity contribution in [3.8, 4) is 6.07 Å². The van der Waals surface area contributed by atoms with Crippen molar-refractivity contribution in [1.29, 1.82) is 5.26 Å². The highest BCUT2D eigenvalue weighted by Gasteiger charge is 2.37. The van der Waals surface area contributed by atoms with Gasteiger partial charge < -0.3 is 16.0 Å². The third-order valence-corrected chi connectivity index (χ3v) is 3.95. The maximum absolute atomic E-state index is 13.3. The maximum atomic E-state index is 13.3. The third kappa shape index (κ3) is 3.43. The van der Waals surface area contributed by atoms with Gasteiger partial charge in [0.1, 0.15) is 12.2 Å². The Bertz CT molecular complexity index is 364. The lowest BCUT2D eigenvalue weighted by molar-refractivity contribution is -0.133. The van der Waals surface area contributed by atoms with Gasteiger partial charge in [0.15, 0.2) is 0 Å². The molecule has 0 aromatic heterocycles. The van der Waals surface area contributed by atoms with Crippen molar-refractivity contribution in [2.45, 2.75) is 56.4 Å². The van der Waals surface area contributed by atoms with Gasteiger partial charge >= 0.3 is 0 Å². The Morgan fingerprint density at radius 3 is 3.00 bits per heavy atom. The first-order valence-corrected chi connectivity index (χ1v) is 6.95. The third-order valence-electron chi connectivity index (χ3n) is 3.95. The van der Waals surface area contributed by atoms with Crippen molar-refractivity contribution in [3.05, 3.63) is 0 Å². The number of carbonyl (C=O) groups is 1. The van der Waals surface area contributed by atoms with Gasteiger partial charge in [-0.3, -0.25) is 4.79 Å². The summed E-state index contributed by atoms with van der Waals surface area (Å²) in [4.78, 5) is 13.5. The number of halogens is 1. The van der Waals surface area contributed by atoms with Gasteiger partial charge in [0.2, 0.25) is 5.91 Å². The number of amides is 1. The van der Waals surface area contributed by atoms with E-state index in [2.05, 4.69) is 5.32 Å². The number of alkyl halides is 1. The molecule has 2 rings (SSSR count). The molecule has 2 heterocycles. The standard InChI is InChI=1S/C13H21FN4O/c14-9-5-11(7-15)18(8-9)13(19)12(16)6-10-3-1-2-4-17-10/h9-12,17H,1-6,8,16H2/t9-,10?,11-,12-/m0/s1. The van der Waals surface area contributed by atoms with Crippen molar-refractivity contribution < 1.29 is 9.18 Å². The van der Waals surface area contributed by atoms with Crippen LogP contribution >= 0.6 is 0 Å². The summed E-state index contributed by atoms with van der Waals surface area (Å²) in [6.07, 6.45) is 2.89. The molecule has 0 radical (unpaired) electrons. The number of rotatable bonds is 3. The first kappa shape index (κ1) is 14.2. The van der Waals surface area contributed by atoms with Crippen LogP contribution in [0.2, 0.25) is 0 Å². The lowest BCUT2D eigenvalue weighted by Crippen LogP contribution is -2.49. The molecule has 0 spiro atoms. The summed E-state index contributed by atoms with van der Waals surface area (Å²) in [6.45, 7) is 0.964. The van der Waals surface area contributed by atoms with E-state index in [1.165, 1.54) is 4.90 Å². The second-order valence-electron chi connectivity index (χ2n) is 5.46. The van der Waals surface area contributed by atoms with Crippen LogP contribution < -0.4 is 11.1 Å². The molecule has 106 valence electrons. The highest BCUT2D eigenvalue weighted by atomic mass is 19.1. The van der Waals surface area contributed by atoms with Crippen LogP contribution in [0.15, 0.2) is 0 Å². The van der Waals surface area contributed by atoms with Gasteiger partial charge in [-0.1, -0.05) is 6.42 Å². The molecule has 2 aliphatic heterocycles. The van der Waals surface area contributed by atoms with Crippen LogP contribution in [-0.4, -0.2) is 48.2 Å². The Labute approximate surface area is 112 Å². The fraction of sp³-hybridized carbons (Fsp3) is 0.846. The average Bonchev–Trinajstić information content (AvgIpc) is 2.80. The van der Waals surface area contributed by atoms with E-state index < -0.39 is 18.3 Å². The van der Waals surface area contributed by atoms with Gasteiger partial charge in [-0.15, -0.1) is 0 Å². The van der Waals surface area contributed by atoms with E-state index in [1.54, 1.807) is 0 Å². The van der Waals surface area contributed by atoms with Crippen molar-refractivity contribution in [3.63, 3.8) is 0 Å². The van der Waals surface area contributed by atoms with E-state index in [0.717, 1.165) is 25.8 Å². The van der Waals surface area contributed by atoms with Gasteiger partial charge in [-0.05, 0) is 25.8 Å². The summed E-state index contributed by atoms with van der Waals surface area (Å²) in [5.41, 5.74) is 5.93. The Morgan fingerprint density at radius 2 is 2.37 bits per heavy atom. The number of hydrogen-bond acceptors (Lipinski definition) is 4. The van der Waals surface area contributed by atoms with Crippen LogP contribution in [-0.2, 0) is 4.79 Å². The highest BCUT2D eigenvalue weighted by molar-refractivity contribution is 5.82. The zero-order chi connectivity index (χ0) is 13.8. The number of likely N-dealkylation sites (tertiary alicyclic amines) is 1. The average molecular weight is 268 g/mol. The second kappa shape index (κ2) is 6.31. The van der Waals surface area contributed by atoms with Crippen LogP contribution in [0.1, 0.15) is 32.1 Å². The van der Waals surface area contributed by atoms with Gasteiger partial charge in [0.05, 0.1) is 18.7 Å². The number of piperidine rings is 1. The molecule has 4 atom stereocenters. The van der Waals surface area contributed by atoms with E-state index in [9.17, 15) is 9.18 Å². The number of nitrogens with two attached hydrogens (primary N) is 1. The number of nitrogens with one attached hydrogen (secondary N) is 1. The minimum atomic E-state index is -1.10. The van der Waals surface area contributed by atoms with E-state index in [0.29, 0.717) is 6.42 Å². The molecule has 6 heteroatoms. The monoisotopic (exact) mass is 268 g/mol. The Hall–Kier alpha value is -1.19. The van der Waals surface area contributed by atoms with Gasteiger partial charge in [0.25, 0.3) is 0 Å². The first-order chi connectivity index (χ1) is 9.11. The number of hydrogen-bond donors (Lipinski definition) is 2. The molecular formula is C13H21FN4O. The van der Waals surface area contributed by atoms with Crippen LogP contribution in [0.25, 0.3) is 0 Å². The molecule has 0 aromatic rings. The predicted octanol–water partition coefficient (Wildman–Crippen LogP) is 0.308. The van der Waals surface area contributed by atoms with E-state index >= 15 is 0 Å². The summed E-state index contributed by atoms with van der Waals surface area (Å²) in [7, 11) is 0. The molecule has 0 aromatic carbocycles. The zero-order valence-corrected chi connectivity index (χ0v) is 11.0. The molecule has 19 heavy (non-hydrogen) atoms. The molecule has 1 unspecified atom stereocenters. The van der Waals surface area contributed by atoms with Gasteiger partial charge in [-0.2, -0.15) is 5.26 Å². The topological polar surface area (TPSA) is 82.2 Å². The molecule has 0 saturated carbocycles. The quantitative estimate of drug-likeness (QED) is 0.771. The molecular weight excluding hydrogens is 247 g/mol. The Balaban J connectivity index is 1.89. The van der Waals surface area contributed by atoms with E-state index in [1.807, 2.05) is 6.07 Å². The maximum Gasteiger partial charge on any atom is 0.240 e. The summed E-state index contributed by atoms with van der Waals surface area (Å²) in [5.74, 6) is -0.293. The largest absolute Gasteiger partial charge is 0.322 e. The van der Waals surface area contributed by atoms with Crippen LogP contribution in [0, 0.1) is 11.3 Å². The molecule has 2 saturated heterocycles. The smallest absolute Gasteiger partial charge is 0.240 e. The predicted molar refractivity (Wildman–Crippen MR) is 68.9 cm³/mol. The van der Waals surface area contributed by atoms with E-state index in [-0.39, 0.29) is 24.9 Å². The van der Waals surface area contributed by atoms with Crippen molar-refractivity contribution in [2.24, 2.45) is 5.73 Å². The second-order valence-corrected chi connectivity index (χ2v) is 5.46. The number of nitrogens with zero attached hydrogens (tertiary/aromatic N) is 2. The summed E-state index contributed by atoms with van der Waals surface area (Å²) < 4.78 is 13.3. The van der Waals surface area contributed by atoms with Crippen LogP contribution in [0.4, 0.5) is 4.39 Å². The molecule has 0 bridgehead atoms. The fourth-order valence-corrected chi connectivity index (χ4v) is 2.90. The van der Waals surface area contributed by atoms with Crippen molar-refractivity contribution in [1.82, 2.24) is 10.2 Å². The van der Waals surface area contributed by atoms with Crippen molar-refractivity contribution >= 4 is 5.91 Å². The minimum Gasteiger partial charge on any atom is -0.322 e. The zero-order valence-electron chi connectivity index (χ0n) is 11.0. The molecule has 1 amide bonds. The number of carbonyl (C=O) groups excluding carboxylic acids is 1. The minimum absolute atomic E-state index is 0.00283. The summed E-state index contributed by atoms with van der Waals surface area (Å²) in [6, 6.07) is 0.938. The Kier molecular flexibility index (Phi) is 4.72. The Morgan fingerprint density at radius 1 is 1.58 bits per heavy atom. The summed E-state index contributed by atoms with van der Waals surface area (Å²) >= 11 is 0. The normalized spacial score (nSPS) is 32.9. The molecule has 3 N–H and O–H groups in total. The molecule has 2 fully saturated rings. The van der Waals surface area contributed by atoms with Crippen LogP contribution in [0.5, 0.6) is 0 Å². The highest BCUT2D eigenvalue weighted by Crippen LogP contribution is 2.21. The lowest BCUT2D eigenvalue weighted by Gasteiger charge is -2.28. The molecule has 0 aliphatic carbocycles.